The van der Waals surface area contributed by atoms with Crippen LogP contribution >= 0.6 is 0 Å². The van der Waals surface area contributed by atoms with Crippen LogP contribution in [0.2, 0.25) is 0 Å². The Balaban J connectivity index is 1.23. The molecule has 2 aliphatic heterocycles. The molecular formula is C35H46N4O3. The number of carbonyl (C=O) groups excluding carboxylic acids is 1. The van der Waals surface area contributed by atoms with Crippen molar-refractivity contribution in [2.24, 2.45) is 0 Å². The van der Waals surface area contributed by atoms with E-state index in [4.69, 9.17) is 22.3 Å². The lowest BCUT2D eigenvalue weighted by molar-refractivity contribution is 0.0385. The maximum Gasteiger partial charge on any atom is 0.508 e. The summed E-state index contributed by atoms with van der Waals surface area (Å²) < 4.78 is 11.0. The minimum absolute atomic E-state index is 0.283. The van der Waals surface area contributed by atoms with E-state index >= 15 is 0 Å². The lowest BCUT2D eigenvalue weighted by Gasteiger charge is -2.31. The second kappa shape index (κ2) is 17.6. The molecule has 2 heterocycles. The van der Waals surface area contributed by atoms with Crippen LogP contribution in [0, 0.1) is 24.7 Å². The molecule has 2 N–H and O–H groups in total. The van der Waals surface area contributed by atoms with Crippen LogP contribution in [0.5, 0.6) is 0 Å². The molecule has 4 rings (SSSR count). The highest BCUT2D eigenvalue weighted by Gasteiger charge is 2.19. The van der Waals surface area contributed by atoms with Gasteiger partial charge in [-0.05, 0) is 74.2 Å². The Bertz CT molecular complexity index is 1070. The van der Waals surface area contributed by atoms with Crippen LogP contribution in [-0.4, -0.2) is 80.5 Å². The second-order valence-electron chi connectivity index (χ2n) is 11.4. The van der Waals surface area contributed by atoms with E-state index in [0.717, 1.165) is 63.2 Å². The average molecular weight is 571 g/mol. The summed E-state index contributed by atoms with van der Waals surface area (Å²) in [6.07, 6.45) is 17.7. The summed E-state index contributed by atoms with van der Waals surface area (Å²) in [5, 5.41) is 7.25. The zero-order valence-electron chi connectivity index (χ0n) is 24.9. The Kier molecular flexibility index (Phi) is 13.2. The number of carbonyl (C=O) groups is 1. The van der Waals surface area contributed by atoms with Gasteiger partial charge in [0.2, 0.25) is 0 Å². The van der Waals surface area contributed by atoms with Crippen LogP contribution in [0.3, 0.4) is 0 Å². The lowest BCUT2D eigenvalue weighted by atomic mass is 10.0. The van der Waals surface area contributed by atoms with Crippen molar-refractivity contribution in [2.45, 2.75) is 63.7 Å². The molecule has 7 nitrogen and oxygen atoms in total. The maximum atomic E-state index is 12.5. The van der Waals surface area contributed by atoms with Crippen molar-refractivity contribution < 1.29 is 14.3 Å². The summed E-state index contributed by atoms with van der Waals surface area (Å²) in [6.45, 7) is 7.31. The molecule has 224 valence electrons. The molecule has 0 bridgehead atoms. The van der Waals surface area contributed by atoms with Crippen LogP contribution in [0.25, 0.3) is 0 Å². The summed E-state index contributed by atoms with van der Waals surface area (Å²) in [7, 11) is 0. The van der Waals surface area contributed by atoms with E-state index in [9.17, 15) is 4.79 Å². The van der Waals surface area contributed by atoms with Crippen molar-refractivity contribution in [3.63, 3.8) is 0 Å². The second-order valence-corrected chi connectivity index (χ2v) is 11.4. The number of nitrogens with one attached hydrogen (secondary N) is 2. The molecule has 2 saturated heterocycles. The molecular weight excluding hydrogens is 524 g/mol. The summed E-state index contributed by atoms with van der Waals surface area (Å²) >= 11 is 0. The fraction of sp³-hybridized carbons (Fsp3) is 0.514. The Hall–Kier alpha value is -3.33. The number of ether oxygens (including phenoxy) is 2. The van der Waals surface area contributed by atoms with Crippen molar-refractivity contribution in [2.75, 3.05) is 52.5 Å². The number of terminal acetylenes is 2. The van der Waals surface area contributed by atoms with Gasteiger partial charge in [0, 0.05) is 62.5 Å². The van der Waals surface area contributed by atoms with Crippen LogP contribution in [0.1, 0.15) is 60.8 Å². The Labute approximate surface area is 252 Å². The first-order chi connectivity index (χ1) is 20.6. The maximum absolute atomic E-state index is 12.5. The largest absolute Gasteiger partial charge is 0.508 e. The van der Waals surface area contributed by atoms with Gasteiger partial charge in [0.1, 0.15) is 13.2 Å². The molecule has 0 aliphatic carbocycles. The molecule has 0 spiro atoms. The predicted molar refractivity (Wildman–Crippen MR) is 168 cm³/mol. The first kappa shape index (κ1) is 31.6. The average Bonchev–Trinajstić information content (AvgIpc) is 3.02. The zero-order valence-corrected chi connectivity index (χ0v) is 24.9. The van der Waals surface area contributed by atoms with Crippen molar-refractivity contribution in [3.8, 4) is 24.7 Å². The van der Waals surface area contributed by atoms with E-state index in [1.54, 1.807) is 0 Å². The monoisotopic (exact) mass is 570 g/mol. The molecule has 0 saturated carbocycles. The number of nitrogens with zero attached hydrogens (tertiary/aromatic N) is 2. The van der Waals surface area contributed by atoms with Crippen LogP contribution in [-0.2, 0) is 22.6 Å². The standard InChI is InChI=1S/C35H46N4O3/c1-3-29-11-15-31(16-12-29)25-38(27-33-9-5-7-19-36-33)21-23-41-35(40)42-24-22-39(28-34-10-6-8-20-37-34)26-32-17-13-30(4-2)14-18-32/h1-2,11-18,33-34,36-37H,5-10,19-28H2. The first-order valence-corrected chi connectivity index (χ1v) is 15.4. The van der Waals surface area contributed by atoms with Crippen molar-refractivity contribution >= 4 is 6.16 Å². The number of rotatable bonds is 14. The van der Waals surface area contributed by atoms with E-state index in [0.29, 0.717) is 25.2 Å². The van der Waals surface area contributed by atoms with Gasteiger partial charge in [-0.15, -0.1) is 12.8 Å². The molecule has 2 aliphatic rings. The highest BCUT2D eigenvalue weighted by atomic mass is 16.7. The van der Waals surface area contributed by atoms with E-state index in [-0.39, 0.29) is 13.2 Å². The molecule has 7 heteroatoms. The van der Waals surface area contributed by atoms with E-state index in [2.05, 4.69) is 56.5 Å². The minimum atomic E-state index is -0.613. The van der Waals surface area contributed by atoms with Gasteiger partial charge in [-0.25, -0.2) is 4.79 Å². The quantitative estimate of drug-likeness (QED) is 0.258. The number of piperidine rings is 2. The van der Waals surface area contributed by atoms with Gasteiger partial charge in [-0.1, -0.05) is 48.9 Å². The first-order valence-electron chi connectivity index (χ1n) is 15.4. The molecule has 2 aromatic rings. The molecule has 42 heavy (non-hydrogen) atoms. The highest BCUT2D eigenvalue weighted by Crippen LogP contribution is 2.14. The summed E-state index contributed by atoms with van der Waals surface area (Å²) in [4.78, 5) is 17.2. The SMILES string of the molecule is C#Cc1ccc(CN(CCOC(=O)OCCN(Cc2ccc(C#C)cc2)CC2CCCCN2)CC2CCCCN2)cc1. The number of benzene rings is 2. The molecule has 2 unspecified atom stereocenters. The van der Waals surface area contributed by atoms with Gasteiger partial charge in [0.05, 0.1) is 0 Å². The topological polar surface area (TPSA) is 66.1 Å². The third kappa shape index (κ3) is 11.2. The van der Waals surface area contributed by atoms with Crippen LogP contribution in [0.4, 0.5) is 4.79 Å². The Morgan fingerprint density at radius 3 is 1.50 bits per heavy atom. The summed E-state index contributed by atoms with van der Waals surface area (Å²) in [6, 6.07) is 17.1. The Morgan fingerprint density at radius 2 is 1.14 bits per heavy atom. The highest BCUT2D eigenvalue weighted by molar-refractivity contribution is 5.59. The molecule has 2 atom stereocenters. The van der Waals surface area contributed by atoms with E-state index in [1.807, 2.05) is 24.3 Å². The summed E-state index contributed by atoms with van der Waals surface area (Å²) in [5.74, 6) is 5.34. The van der Waals surface area contributed by atoms with Gasteiger partial charge in [0.15, 0.2) is 0 Å². The van der Waals surface area contributed by atoms with Crippen molar-refractivity contribution in [3.05, 3.63) is 70.8 Å². The van der Waals surface area contributed by atoms with E-state index in [1.165, 1.54) is 36.8 Å². The number of hydrogen-bond acceptors (Lipinski definition) is 7. The minimum Gasteiger partial charge on any atom is -0.433 e. The van der Waals surface area contributed by atoms with Gasteiger partial charge in [-0.3, -0.25) is 9.80 Å². The molecule has 2 fully saturated rings. The fourth-order valence-corrected chi connectivity index (χ4v) is 5.74. The molecule has 0 radical (unpaired) electrons. The Morgan fingerprint density at radius 1 is 0.714 bits per heavy atom. The van der Waals surface area contributed by atoms with Crippen molar-refractivity contribution in [1.82, 2.24) is 20.4 Å². The zero-order chi connectivity index (χ0) is 29.4. The van der Waals surface area contributed by atoms with Crippen molar-refractivity contribution in [1.29, 1.82) is 0 Å². The number of hydrogen-bond donors (Lipinski definition) is 2. The summed E-state index contributed by atoms with van der Waals surface area (Å²) in [5.41, 5.74) is 4.13. The van der Waals surface area contributed by atoms with E-state index < -0.39 is 6.16 Å². The van der Waals surface area contributed by atoms with Gasteiger partial charge < -0.3 is 20.1 Å². The van der Waals surface area contributed by atoms with Gasteiger partial charge in [0.25, 0.3) is 0 Å². The molecule has 0 aromatic heterocycles. The van der Waals surface area contributed by atoms with Crippen LogP contribution < -0.4 is 10.6 Å². The normalized spacial score (nSPS) is 18.8. The van der Waals surface area contributed by atoms with Crippen LogP contribution in [0.15, 0.2) is 48.5 Å². The third-order valence-electron chi connectivity index (χ3n) is 8.09. The predicted octanol–water partition coefficient (Wildman–Crippen LogP) is 4.39. The lowest BCUT2D eigenvalue weighted by Crippen LogP contribution is -2.44. The van der Waals surface area contributed by atoms with Gasteiger partial charge in [-0.2, -0.15) is 0 Å². The third-order valence-corrected chi connectivity index (χ3v) is 8.09. The molecule has 2 aromatic carbocycles. The fourth-order valence-electron chi connectivity index (χ4n) is 5.74. The molecule has 0 amide bonds. The smallest absolute Gasteiger partial charge is 0.433 e. The van der Waals surface area contributed by atoms with Gasteiger partial charge >= 0.3 is 6.16 Å².